The first-order valence-corrected chi connectivity index (χ1v) is 10.1. The van der Waals surface area contributed by atoms with Gasteiger partial charge in [0.05, 0.1) is 17.1 Å². The van der Waals surface area contributed by atoms with Crippen LogP contribution in [0.2, 0.25) is 0 Å². The average Bonchev–Trinajstić information content (AvgIpc) is 3.30. The maximum absolute atomic E-state index is 12.0. The molecule has 1 saturated heterocycles. The van der Waals surface area contributed by atoms with E-state index in [0.717, 1.165) is 42.8 Å². The predicted octanol–water partition coefficient (Wildman–Crippen LogP) is 4.37. The van der Waals surface area contributed by atoms with Crippen molar-refractivity contribution in [2.24, 2.45) is 0 Å². The summed E-state index contributed by atoms with van der Waals surface area (Å²) in [5.41, 5.74) is 6.55. The lowest BCUT2D eigenvalue weighted by atomic mass is 10.1. The highest BCUT2D eigenvalue weighted by molar-refractivity contribution is 5.97. The van der Waals surface area contributed by atoms with Crippen molar-refractivity contribution in [2.45, 2.75) is 46.2 Å². The molecule has 2 heterocycles. The molecule has 1 atom stereocenters. The standard InChI is InChI=1S/C23H28N4O/c1-5-26-20-11-9-17(23(28)24-4)14-18(20)25-22(26)21-7-6-12-27(21)19-10-8-15(2)13-16(19)3/h8-11,13-14,21H,5-7,12H2,1-4H3,(H,24,28). The highest BCUT2D eigenvalue weighted by atomic mass is 16.1. The Bertz CT molecular complexity index is 1040. The van der Waals surface area contributed by atoms with Crippen LogP contribution in [0.3, 0.4) is 0 Å². The number of fused-ring (bicyclic) bond motifs is 1. The molecule has 1 aliphatic rings. The number of hydrogen-bond donors (Lipinski definition) is 1. The Labute approximate surface area is 166 Å². The lowest BCUT2D eigenvalue weighted by Gasteiger charge is -2.28. The fourth-order valence-electron chi connectivity index (χ4n) is 4.47. The molecule has 5 heteroatoms. The number of nitrogens with zero attached hydrogens (tertiary/aromatic N) is 3. The molecule has 0 radical (unpaired) electrons. The van der Waals surface area contributed by atoms with E-state index in [1.807, 2.05) is 18.2 Å². The van der Waals surface area contributed by atoms with Crippen molar-refractivity contribution < 1.29 is 4.79 Å². The van der Waals surface area contributed by atoms with E-state index < -0.39 is 0 Å². The number of carbonyl (C=O) groups is 1. The molecule has 146 valence electrons. The summed E-state index contributed by atoms with van der Waals surface area (Å²) in [5.74, 6) is 1.02. The highest BCUT2D eigenvalue weighted by Gasteiger charge is 2.31. The Kier molecular flexibility index (Phi) is 4.84. The SMILES string of the molecule is CCn1c(C2CCCN2c2ccc(C)cc2C)nc2cc(C(=O)NC)ccc21. The van der Waals surface area contributed by atoms with Crippen LogP contribution in [-0.4, -0.2) is 29.1 Å². The van der Waals surface area contributed by atoms with Crippen molar-refractivity contribution >= 4 is 22.6 Å². The zero-order valence-electron chi connectivity index (χ0n) is 17.1. The second-order valence-electron chi connectivity index (χ2n) is 7.64. The number of benzene rings is 2. The van der Waals surface area contributed by atoms with Gasteiger partial charge in [0.15, 0.2) is 0 Å². The second-order valence-corrected chi connectivity index (χ2v) is 7.64. The molecule has 1 amide bonds. The van der Waals surface area contributed by atoms with Crippen molar-refractivity contribution in [3.63, 3.8) is 0 Å². The van der Waals surface area contributed by atoms with Crippen molar-refractivity contribution in [3.8, 4) is 0 Å². The van der Waals surface area contributed by atoms with E-state index in [4.69, 9.17) is 4.98 Å². The van der Waals surface area contributed by atoms with Gasteiger partial charge in [0, 0.05) is 31.4 Å². The number of aryl methyl sites for hydroxylation is 3. The smallest absolute Gasteiger partial charge is 0.251 e. The van der Waals surface area contributed by atoms with E-state index in [9.17, 15) is 4.79 Å². The minimum Gasteiger partial charge on any atom is -0.361 e. The Morgan fingerprint density at radius 1 is 1.21 bits per heavy atom. The van der Waals surface area contributed by atoms with E-state index in [-0.39, 0.29) is 11.9 Å². The molecule has 0 aliphatic carbocycles. The van der Waals surface area contributed by atoms with Gasteiger partial charge in [-0.1, -0.05) is 17.7 Å². The quantitative estimate of drug-likeness (QED) is 0.735. The first-order valence-electron chi connectivity index (χ1n) is 10.1. The van der Waals surface area contributed by atoms with Crippen molar-refractivity contribution in [1.82, 2.24) is 14.9 Å². The highest BCUT2D eigenvalue weighted by Crippen LogP contribution is 2.38. The largest absolute Gasteiger partial charge is 0.361 e. The first-order chi connectivity index (χ1) is 13.5. The summed E-state index contributed by atoms with van der Waals surface area (Å²) in [6.07, 6.45) is 2.26. The van der Waals surface area contributed by atoms with Gasteiger partial charge in [0.2, 0.25) is 0 Å². The molecule has 3 aromatic rings. The summed E-state index contributed by atoms with van der Waals surface area (Å²) in [5, 5.41) is 2.69. The van der Waals surface area contributed by atoms with Crippen LogP contribution in [0.1, 0.15) is 53.1 Å². The third-order valence-electron chi connectivity index (χ3n) is 5.80. The lowest BCUT2D eigenvalue weighted by molar-refractivity contribution is 0.0963. The van der Waals surface area contributed by atoms with Crippen LogP contribution >= 0.6 is 0 Å². The van der Waals surface area contributed by atoms with E-state index in [1.165, 1.54) is 16.8 Å². The van der Waals surface area contributed by atoms with Crippen LogP contribution < -0.4 is 10.2 Å². The molecule has 0 spiro atoms. The summed E-state index contributed by atoms with van der Waals surface area (Å²) < 4.78 is 2.30. The minimum atomic E-state index is -0.0766. The molecule has 0 saturated carbocycles. The maximum atomic E-state index is 12.0. The lowest BCUT2D eigenvalue weighted by Crippen LogP contribution is -2.25. The fraction of sp³-hybridized carbons (Fsp3) is 0.391. The van der Waals surface area contributed by atoms with Gasteiger partial charge >= 0.3 is 0 Å². The third kappa shape index (κ3) is 3.05. The molecular formula is C23H28N4O. The van der Waals surface area contributed by atoms with E-state index in [0.29, 0.717) is 5.56 Å². The zero-order chi connectivity index (χ0) is 19.8. The molecule has 28 heavy (non-hydrogen) atoms. The Morgan fingerprint density at radius 2 is 2.04 bits per heavy atom. The minimum absolute atomic E-state index is 0.0766. The Balaban J connectivity index is 1.79. The summed E-state index contributed by atoms with van der Waals surface area (Å²) in [4.78, 5) is 19.5. The normalized spacial score (nSPS) is 16.7. The van der Waals surface area contributed by atoms with Gasteiger partial charge in [-0.05, 0) is 63.4 Å². The average molecular weight is 377 g/mol. The summed E-state index contributed by atoms with van der Waals surface area (Å²) in [6, 6.07) is 12.8. The van der Waals surface area contributed by atoms with Crippen LogP contribution in [0, 0.1) is 13.8 Å². The van der Waals surface area contributed by atoms with Gasteiger partial charge in [-0.2, -0.15) is 0 Å². The first kappa shape index (κ1) is 18.5. The van der Waals surface area contributed by atoms with Crippen molar-refractivity contribution in [2.75, 3.05) is 18.5 Å². The van der Waals surface area contributed by atoms with Gasteiger partial charge in [-0.15, -0.1) is 0 Å². The van der Waals surface area contributed by atoms with Crippen LogP contribution in [0.5, 0.6) is 0 Å². The van der Waals surface area contributed by atoms with Gasteiger partial charge in [0.1, 0.15) is 5.82 Å². The summed E-state index contributed by atoms with van der Waals surface area (Å²) >= 11 is 0. The number of carbonyl (C=O) groups excluding carboxylic acids is 1. The van der Waals surface area contributed by atoms with Gasteiger partial charge in [-0.25, -0.2) is 4.98 Å². The molecule has 0 bridgehead atoms. The van der Waals surface area contributed by atoms with E-state index in [1.54, 1.807) is 7.05 Å². The van der Waals surface area contributed by atoms with E-state index in [2.05, 4.69) is 53.8 Å². The number of rotatable bonds is 4. The van der Waals surface area contributed by atoms with Crippen molar-refractivity contribution in [1.29, 1.82) is 0 Å². The maximum Gasteiger partial charge on any atom is 0.251 e. The Hall–Kier alpha value is -2.82. The molecule has 1 unspecified atom stereocenters. The molecule has 4 rings (SSSR count). The monoisotopic (exact) mass is 376 g/mol. The van der Waals surface area contributed by atoms with Crippen LogP contribution in [-0.2, 0) is 6.54 Å². The topological polar surface area (TPSA) is 50.2 Å². The molecule has 1 fully saturated rings. The fourth-order valence-corrected chi connectivity index (χ4v) is 4.47. The van der Waals surface area contributed by atoms with Gasteiger partial charge in [-0.3, -0.25) is 4.79 Å². The Morgan fingerprint density at radius 3 is 2.75 bits per heavy atom. The number of amides is 1. The number of imidazole rings is 1. The van der Waals surface area contributed by atoms with E-state index >= 15 is 0 Å². The van der Waals surface area contributed by atoms with Crippen LogP contribution in [0.4, 0.5) is 5.69 Å². The molecule has 1 aliphatic heterocycles. The van der Waals surface area contributed by atoms with Gasteiger partial charge in [0.25, 0.3) is 5.91 Å². The number of anilines is 1. The number of nitrogens with one attached hydrogen (secondary N) is 1. The van der Waals surface area contributed by atoms with Gasteiger partial charge < -0.3 is 14.8 Å². The van der Waals surface area contributed by atoms with Crippen molar-refractivity contribution in [3.05, 3.63) is 58.9 Å². The number of hydrogen-bond acceptors (Lipinski definition) is 3. The molecule has 1 aromatic heterocycles. The summed E-state index contributed by atoms with van der Waals surface area (Å²) in [7, 11) is 1.66. The summed E-state index contributed by atoms with van der Waals surface area (Å²) in [6.45, 7) is 8.40. The molecule has 2 aromatic carbocycles. The molecular weight excluding hydrogens is 348 g/mol. The zero-order valence-corrected chi connectivity index (χ0v) is 17.1. The van der Waals surface area contributed by atoms with Crippen LogP contribution in [0.15, 0.2) is 36.4 Å². The second kappa shape index (κ2) is 7.30. The number of aromatic nitrogens is 2. The third-order valence-corrected chi connectivity index (χ3v) is 5.80. The molecule has 1 N–H and O–H groups in total. The van der Waals surface area contributed by atoms with Crippen LogP contribution in [0.25, 0.3) is 11.0 Å². The predicted molar refractivity (Wildman–Crippen MR) is 114 cm³/mol. The molecule has 5 nitrogen and oxygen atoms in total.